The quantitative estimate of drug-likeness (QED) is 0.745. The van der Waals surface area contributed by atoms with Gasteiger partial charge in [-0.1, -0.05) is 23.4 Å². The van der Waals surface area contributed by atoms with Crippen molar-refractivity contribution in [1.29, 1.82) is 0 Å². The minimum atomic E-state index is -0.459. The molecule has 26 heavy (non-hydrogen) atoms. The largest absolute Gasteiger partial charge is 0.386 e. The van der Waals surface area contributed by atoms with Crippen molar-refractivity contribution < 1.29 is 14.4 Å². The first-order valence-electron chi connectivity index (χ1n) is 8.75. The Kier molecular flexibility index (Phi) is 5.01. The van der Waals surface area contributed by atoms with Gasteiger partial charge in [-0.25, -0.2) is 0 Å². The molecule has 0 spiro atoms. The second-order valence-corrected chi connectivity index (χ2v) is 7.49. The number of rotatable bonds is 5. The van der Waals surface area contributed by atoms with E-state index >= 15 is 0 Å². The van der Waals surface area contributed by atoms with Crippen LogP contribution >= 0.6 is 11.3 Å². The Morgan fingerprint density at radius 1 is 1.19 bits per heavy atom. The molecule has 1 saturated heterocycles. The van der Waals surface area contributed by atoms with E-state index in [2.05, 4.69) is 10.1 Å². The Bertz CT molecular complexity index is 869. The second-order valence-electron chi connectivity index (χ2n) is 6.51. The van der Waals surface area contributed by atoms with Gasteiger partial charge >= 0.3 is 0 Å². The van der Waals surface area contributed by atoms with Crippen LogP contribution in [-0.4, -0.2) is 58.7 Å². The van der Waals surface area contributed by atoms with E-state index in [0.29, 0.717) is 30.9 Å². The molecule has 0 bridgehead atoms. The van der Waals surface area contributed by atoms with Crippen molar-refractivity contribution in [2.24, 2.45) is 0 Å². The van der Waals surface area contributed by atoms with Crippen LogP contribution in [0.25, 0.3) is 11.0 Å². The third kappa shape index (κ3) is 3.65. The zero-order valence-electron chi connectivity index (χ0n) is 14.4. The second kappa shape index (κ2) is 7.57. The van der Waals surface area contributed by atoms with Crippen LogP contribution in [0.5, 0.6) is 0 Å². The minimum absolute atomic E-state index is 0.0718. The molecular weight excluding hydrogens is 350 g/mol. The molecule has 1 N–H and O–H groups in total. The number of β-amino-alcohol motifs (C(OH)–C–C–N with tert-alkyl or cyclic N) is 1. The first-order chi connectivity index (χ1) is 12.7. The highest BCUT2D eigenvalue weighted by Gasteiger charge is 2.24. The van der Waals surface area contributed by atoms with Crippen molar-refractivity contribution in [2.75, 3.05) is 32.7 Å². The number of para-hydroxylation sites is 1. The van der Waals surface area contributed by atoms with Gasteiger partial charge in [0.1, 0.15) is 11.8 Å². The SMILES string of the molecule is O=C(Cc1noc2ccccc12)N1CCN(CC(O)c2cccs2)CC1. The summed E-state index contributed by atoms with van der Waals surface area (Å²) in [5, 5.41) is 17.2. The van der Waals surface area contributed by atoms with Gasteiger partial charge in [0.25, 0.3) is 0 Å². The van der Waals surface area contributed by atoms with Crippen LogP contribution in [-0.2, 0) is 11.2 Å². The summed E-state index contributed by atoms with van der Waals surface area (Å²) in [5.41, 5.74) is 1.41. The predicted molar refractivity (Wildman–Crippen MR) is 100 cm³/mol. The summed E-state index contributed by atoms with van der Waals surface area (Å²) in [4.78, 5) is 17.7. The molecule has 3 aromatic rings. The number of aliphatic hydroxyl groups excluding tert-OH is 1. The molecular formula is C19H21N3O3S. The number of hydrogen-bond acceptors (Lipinski definition) is 6. The number of fused-ring (bicyclic) bond motifs is 1. The Balaban J connectivity index is 1.31. The van der Waals surface area contributed by atoms with Gasteiger partial charge in [-0.15, -0.1) is 11.3 Å². The average molecular weight is 371 g/mol. The third-order valence-corrected chi connectivity index (χ3v) is 5.77. The Morgan fingerprint density at radius 2 is 2.00 bits per heavy atom. The van der Waals surface area contributed by atoms with Gasteiger partial charge < -0.3 is 14.5 Å². The lowest BCUT2D eigenvalue weighted by atomic mass is 10.1. The van der Waals surface area contributed by atoms with E-state index in [1.807, 2.05) is 46.7 Å². The number of benzene rings is 1. The summed E-state index contributed by atoms with van der Waals surface area (Å²) in [7, 11) is 0. The zero-order valence-corrected chi connectivity index (χ0v) is 15.2. The van der Waals surface area contributed by atoms with Crippen molar-refractivity contribution in [2.45, 2.75) is 12.5 Å². The molecule has 1 fully saturated rings. The molecule has 4 rings (SSSR count). The molecule has 7 heteroatoms. The molecule has 1 atom stereocenters. The van der Waals surface area contributed by atoms with Crippen LogP contribution in [0, 0.1) is 0 Å². The van der Waals surface area contributed by atoms with Gasteiger partial charge in [0.15, 0.2) is 5.58 Å². The van der Waals surface area contributed by atoms with Crippen molar-refractivity contribution in [1.82, 2.24) is 15.0 Å². The number of aromatic nitrogens is 1. The first-order valence-corrected chi connectivity index (χ1v) is 9.63. The van der Waals surface area contributed by atoms with Crippen LogP contribution in [0.15, 0.2) is 46.3 Å². The van der Waals surface area contributed by atoms with E-state index in [9.17, 15) is 9.90 Å². The molecule has 1 aliphatic rings. The van der Waals surface area contributed by atoms with E-state index in [-0.39, 0.29) is 12.3 Å². The fourth-order valence-corrected chi connectivity index (χ4v) is 4.02. The van der Waals surface area contributed by atoms with Gasteiger partial charge in [-0.05, 0) is 23.6 Å². The summed E-state index contributed by atoms with van der Waals surface area (Å²) in [6, 6.07) is 11.5. The topological polar surface area (TPSA) is 69.8 Å². The molecule has 3 heterocycles. The van der Waals surface area contributed by atoms with Gasteiger partial charge in [0, 0.05) is 43.0 Å². The maximum Gasteiger partial charge on any atom is 0.228 e. The summed E-state index contributed by atoms with van der Waals surface area (Å²) in [5.74, 6) is 0.0718. The highest BCUT2D eigenvalue weighted by molar-refractivity contribution is 7.10. The molecule has 0 radical (unpaired) electrons. The number of thiophene rings is 1. The fourth-order valence-electron chi connectivity index (χ4n) is 3.32. The number of amides is 1. The van der Waals surface area contributed by atoms with Crippen LogP contribution in [0.2, 0.25) is 0 Å². The molecule has 1 unspecified atom stereocenters. The molecule has 6 nitrogen and oxygen atoms in total. The Labute approximate surface area is 155 Å². The van der Waals surface area contributed by atoms with Crippen molar-refractivity contribution in [3.63, 3.8) is 0 Å². The van der Waals surface area contributed by atoms with Crippen LogP contribution in [0.3, 0.4) is 0 Å². The van der Waals surface area contributed by atoms with Crippen LogP contribution in [0.4, 0.5) is 0 Å². The molecule has 1 aromatic carbocycles. The summed E-state index contributed by atoms with van der Waals surface area (Å²) >= 11 is 1.57. The summed E-state index contributed by atoms with van der Waals surface area (Å²) in [6.45, 7) is 3.50. The van der Waals surface area contributed by atoms with E-state index in [0.717, 1.165) is 23.4 Å². The van der Waals surface area contributed by atoms with Crippen LogP contribution in [0.1, 0.15) is 16.7 Å². The first kappa shape index (κ1) is 17.2. The third-order valence-electron chi connectivity index (χ3n) is 4.80. The standard InChI is InChI=1S/C19H21N3O3S/c23-16(18-6-3-11-26-18)13-21-7-9-22(10-8-21)19(24)12-15-14-4-1-2-5-17(14)25-20-15/h1-6,11,16,23H,7-10,12-13H2. The number of carbonyl (C=O) groups excluding carboxylic acids is 1. The maximum atomic E-state index is 12.6. The number of piperazine rings is 1. The highest BCUT2D eigenvalue weighted by Crippen LogP contribution is 2.21. The normalized spacial score (nSPS) is 16.9. The molecule has 1 amide bonds. The minimum Gasteiger partial charge on any atom is -0.386 e. The molecule has 1 aliphatic heterocycles. The Hall–Kier alpha value is -2.22. The number of aliphatic hydroxyl groups is 1. The van der Waals surface area contributed by atoms with Crippen LogP contribution < -0.4 is 0 Å². The highest BCUT2D eigenvalue weighted by atomic mass is 32.1. The van der Waals surface area contributed by atoms with E-state index < -0.39 is 6.10 Å². The lowest BCUT2D eigenvalue weighted by molar-refractivity contribution is -0.132. The lowest BCUT2D eigenvalue weighted by Gasteiger charge is -2.35. The average Bonchev–Trinajstić information content (AvgIpc) is 3.33. The predicted octanol–water partition coefficient (Wildman–Crippen LogP) is 2.31. The molecule has 0 aliphatic carbocycles. The van der Waals surface area contributed by atoms with Crippen molar-refractivity contribution in [3.8, 4) is 0 Å². The van der Waals surface area contributed by atoms with Crippen molar-refractivity contribution in [3.05, 3.63) is 52.3 Å². The van der Waals surface area contributed by atoms with Gasteiger partial charge in [0.05, 0.1) is 6.42 Å². The summed E-state index contributed by atoms with van der Waals surface area (Å²) < 4.78 is 5.28. The van der Waals surface area contributed by atoms with Gasteiger partial charge in [0.2, 0.25) is 5.91 Å². The number of carbonyl (C=O) groups is 1. The lowest BCUT2D eigenvalue weighted by Crippen LogP contribution is -2.50. The zero-order chi connectivity index (χ0) is 17.9. The number of nitrogens with zero attached hydrogens (tertiary/aromatic N) is 3. The maximum absolute atomic E-state index is 12.6. The van der Waals surface area contributed by atoms with Gasteiger partial charge in [-0.3, -0.25) is 9.69 Å². The fraction of sp³-hybridized carbons (Fsp3) is 0.368. The molecule has 136 valence electrons. The molecule has 2 aromatic heterocycles. The number of hydrogen-bond donors (Lipinski definition) is 1. The Morgan fingerprint density at radius 3 is 2.77 bits per heavy atom. The van der Waals surface area contributed by atoms with Gasteiger partial charge in [-0.2, -0.15) is 0 Å². The summed E-state index contributed by atoms with van der Waals surface area (Å²) in [6.07, 6.45) is -0.201. The monoisotopic (exact) mass is 371 g/mol. The van der Waals surface area contributed by atoms with E-state index in [1.54, 1.807) is 11.3 Å². The van der Waals surface area contributed by atoms with E-state index in [4.69, 9.17) is 4.52 Å². The van der Waals surface area contributed by atoms with E-state index in [1.165, 1.54) is 0 Å². The van der Waals surface area contributed by atoms with Crippen molar-refractivity contribution >= 4 is 28.2 Å². The smallest absolute Gasteiger partial charge is 0.228 e. The molecule has 0 saturated carbocycles.